The topological polar surface area (TPSA) is 9.23 Å². The first-order valence-corrected chi connectivity index (χ1v) is 3.80. The second-order valence-electron chi connectivity index (χ2n) is 2.45. The van der Waals surface area contributed by atoms with Gasteiger partial charge in [-0.1, -0.05) is 18.2 Å². The summed E-state index contributed by atoms with van der Waals surface area (Å²) < 4.78 is 41.1. The zero-order valence-electron chi connectivity index (χ0n) is 6.79. The summed E-state index contributed by atoms with van der Waals surface area (Å²) >= 11 is 0. The molecule has 2 unspecified atom stereocenters. The molecule has 0 fully saturated rings. The van der Waals surface area contributed by atoms with E-state index in [0.29, 0.717) is 0 Å². The Morgan fingerprint density at radius 2 is 1.77 bits per heavy atom. The molecular formula is C9H9F3O. The third-order valence-corrected chi connectivity index (χ3v) is 1.42. The summed E-state index contributed by atoms with van der Waals surface area (Å²) in [6.45, 7) is -1.38. The fourth-order valence-electron chi connectivity index (χ4n) is 0.773. The Bertz CT molecular complexity index is 240. The van der Waals surface area contributed by atoms with E-state index in [1.54, 1.807) is 18.2 Å². The summed E-state index contributed by atoms with van der Waals surface area (Å²) in [6.07, 6.45) is -4.47. The van der Waals surface area contributed by atoms with Crippen LogP contribution in [0, 0.1) is 0 Å². The van der Waals surface area contributed by atoms with E-state index in [1.807, 2.05) is 0 Å². The van der Waals surface area contributed by atoms with E-state index < -0.39 is 19.2 Å². The Hall–Kier alpha value is -1.19. The smallest absolute Gasteiger partial charge is 0.271 e. The van der Waals surface area contributed by atoms with Crippen LogP contribution in [0.25, 0.3) is 0 Å². The van der Waals surface area contributed by atoms with Gasteiger partial charge in [-0.05, 0) is 12.1 Å². The van der Waals surface area contributed by atoms with E-state index in [9.17, 15) is 13.2 Å². The van der Waals surface area contributed by atoms with Gasteiger partial charge in [0.2, 0.25) is 0 Å². The minimum Gasteiger partial charge on any atom is -0.457 e. The summed E-state index contributed by atoms with van der Waals surface area (Å²) in [5.41, 5.74) is 0. The normalized spacial score (nSPS) is 15.0. The summed E-state index contributed by atoms with van der Waals surface area (Å²) in [4.78, 5) is 0. The Labute approximate surface area is 74.1 Å². The van der Waals surface area contributed by atoms with Gasteiger partial charge in [-0.2, -0.15) is 4.39 Å². The fourth-order valence-corrected chi connectivity index (χ4v) is 0.773. The zero-order chi connectivity index (χ0) is 9.68. The second-order valence-corrected chi connectivity index (χ2v) is 2.45. The molecule has 0 saturated carbocycles. The lowest BCUT2D eigenvalue weighted by Crippen LogP contribution is -2.25. The third-order valence-electron chi connectivity index (χ3n) is 1.42. The lowest BCUT2D eigenvalue weighted by atomic mass is 10.3. The predicted molar refractivity (Wildman–Crippen MR) is 42.8 cm³/mol. The molecule has 0 aromatic heterocycles. The van der Waals surface area contributed by atoms with Crippen LogP contribution in [0.3, 0.4) is 0 Å². The summed E-state index contributed by atoms with van der Waals surface area (Å²) in [6, 6.07) is 7.88. The third kappa shape index (κ3) is 2.97. The van der Waals surface area contributed by atoms with E-state index in [0.717, 1.165) is 0 Å². The molecule has 0 radical (unpaired) electrons. The maximum atomic E-state index is 12.6. The molecule has 1 nitrogen and oxygen atoms in total. The number of alkyl halides is 3. The van der Waals surface area contributed by atoms with Crippen LogP contribution >= 0.6 is 0 Å². The minimum absolute atomic E-state index is 0.186. The van der Waals surface area contributed by atoms with Gasteiger partial charge in [0.15, 0.2) is 6.17 Å². The van der Waals surface area contributed by atoms with Crippen LogP contribution in [0.15, 0.2) is 30.3 Å². The highest BCUT2D eigenvalue weighted by atomic mass is 19.2. The molecule has 1 aromatic carbocycles. The second kappa shape index (κ2) is 4.74. The molecule has 0 bridgehead atoms. The molecule has 72 valence electrons. The van der Waals surface area contributed by atoms with E-state index in [1.165, 1.54) is 12.1 Å². The van der Waals surface area contributed by atoms with E-state index in [-0.39, 0.29) is 5.75 Å². The summed E-state index contributed by atoms with van der Waals surface area (Å²) in [5, 5.41) is 0. The number of hydrogen-bond acceptors (Lipinski definition) is 1. The summed E-state index contributed by atoms with van der Waals surface area (Å²) in [7, 11) is 0. The van der Waals surface area contributed by atoms with Crippen molar-refractivity contribution < 1.29 is 17.9 Å². The minimum atomic E-state index is -2.24. The van der Waals surface area contributed by atoms with Crippen molar-refractivity contribution in [3.63, 3.8) is 0 Å². The lowest BCUT2D eigenvalue weighted by Gasteiger charge is -2.12. The van der Waals surface area contributed by atoms with Crippen LogP contribution in [0.4, 0.5) is 13.2 Å². The Balaban J connectivity index is 2.50. The van der Waals surface area contributed by atoms with Crippen LogP contribution in [0.1, 0.15) is 0 Å². The van der Waals surface area contributed by atoms with Crippen molar-refractivity contribution in [2.24, 2.45) is 0 Å². The van der Waals surface area contributed by atoms with Gasteiger partial charge < -0.3 is 4.74 Å². The van der Waals surface area contributed by atoms with Crippen molar-refractivity contribution in [3.8, 4) is 5.75 Å². The first kappa shape index (κ1) is 9.89. The van der Waals surface area contributed by atoms with Gasteiger partial charge in [-0.15, -0.1) is 0 Å². The highest BCUT2D eigenvalue weighted by molar-refractivity contribution is 5.21. The van der Waals surface area contributed by atoms with Gasteiger partial charge in [0.1, 0.15) is 12.4 Å². The van der Waals surface area contributed by atoms with E-state index >= 15 is 0 Å². The van der Waals surface area contributed by atoms with Crippen LogP contribution in [-0.2, 0) is 0 Å². The molecule has 0 aliphatic heterocycles. The molecule has 0 aliphatic rings. The number of benzene rings is 1. The maximum Gasteiger partial charge on any atom is 0.271 e. The fraction of sp³-hybridized carbons (Fsp3) is 0.333. The van der Waals surface area contributed by atoms with E-state index in [2.05, 4.69) is 4.74 Å². The Morgan fingerprint density at radius 3 is 2.31 bits per heavy atom. The molecular weight excluding hydrogens is 181 g/mol. The van der Waals surface area contributed by atoms with Crippen molar-refractivity contribution in [2.75, 3.05) is 6.67 Å². The van der Waals surface area contributed by atoms with Crippen molar-refractivity contribution in [1.29, 1.82) is 0 Å². The molecule has 4 heteroatoms. The molecule has 0 aliphatic carbocycles. The van der Waals surface area contributed by atoms with Gasteiger partial charge in [-0.25, -0.2) is 8.78 Å². The maximum absolute atomic E-state index is 12.6. The van der Waals surface area contributed by atoms with Crippen molar-refractivity contribution in [2.45, 2.75) is 12.5 Å². The van der Waals surface area contributed by atoms with Crippen molar-refractivity contribution >= 4 is 0 Å². The molecule has 0 N–H and O–H groups in total. The quantitative estimate of drug-likeness (QED) is 0.709. The molecule has 2 atom stereocenters. The van der Waals surface area contributed by atoms with Crippen molar-refractivity contribution in [3.05, 3.63) is 30.3 Å². The van der Waals surface area contributed by atoms with Crippen LogP contribution in [0.2, 0.25) is 0 Å². The molecule has 0 heterocycles. The number of hydrogen-bond donors (Lipinski definition) is 0. The number of halogens is 3. The first-order valence-electron chi connectivity index (χ1n) is 3.80. The van der Waals surface area contributed by atoms with Gasteiger partial charge >= 0.3 is 0 Å². The first-order chi connectivity index (χ1) is 6.24. The molecule has 0 spiro atoms. The SMILES string of the molecule is FCC(F)C(F)Oc1ccccc1. The van der Waals surface area contributed by atoms with Gasteiger partial charge in [-0.3, -0.25) is 0 Å². The van der Waals surface area contributed by atoms with Crippen LogP contribution in [0.5, 0.6) is 5.75 Å². The van der Waals surface area contributed by atoms with Crippen LogP contribution in [-0.4, -0.2) is 19.2 Å². The van der Waals surface area contributed by atoms with Gasteiger partial charge in [0, 0.05) is 0 Å². The lowest BCUT2D eigenvalue weighted by molar-refractivity contribution is -0.0148. The highest BCUT2D eigenvalue weighted by Gasteiger charge is 2.21. The average molecular weight is 190 g/mol. The van der Waals surface area contributed by atoms with Crippen molar-refractivity contribution in [1.82, 2.24) is 0 Å². The Morgan fingerprint density at radius 1 is 1.15 bits per heavy atom. The summed E-state index contributed by atoms with van der Waals surface area (Å²) in [5.74, 6) is 0.186. The molecule has 13 heavy (non-hydrogen) atoms. The van der Waals surface area contributed by atoms with Gasteiger partial charge in [0.05, 0.1) is 0 Å². The molecule has 0 amide bonds. The Kier molecular flexibility index (Phi) is 3.61. The average Bonchev–Trinajstić information content (AvgIpc) is 2.18. The zero-order valence-corrected chi connectivity index (χ0v) is 6.79. The number of ether oxygens (including phenoxy) is 1. The highest BCUT2D eigenvalue weighted by Crippen LogP contribution is 2.14. The molecule has 1 aromatic rings. The number of rotatable bonds is 4. The monoisotopic (exact) mass is 190 g/mol. The van der Waals surface area contributed by atoms with Gasteiger partial charge in [0.25, 0.3) is 6.36 Å². The van der Waals surface area contributed by atoms with E-state index in [4.69, 9.17) is 0 Å². The standard InChI is InChI=1S/C9H9F3O/c10-6-8(11)9(12)13-7-4-2-1-3-5-7/h1-5,8-9H,6H2. The largest absolute Gasteiger partial charge is 0.457 e. The molecule has 1 rings (SSSR count). The van der Waals surface area contributed by atoms with Crippen LogP contribution < -0.4 is 4.74 Å². The number of para-hydroxylation sites is 1. The predicted octanol–water partition coefficient (Wildman–Crippen LogP) is 2.67. The molecule has 0 saturated heterocycles.